The van der Waals surface area contributed by atoms with Crippen LogP contribution in [0.3, 0.4) is 0 Å². The second-order valence-corrected chi connectivity index (χ2v) is 7.70. The Morgan fingerprint density at radius 1 is 1.07 bits per heavy atom. The maximum atomic E-state index is 13.2. The number of halogens is 2. The van der Waals surface area contributed by atoms with Gasteiger partial charge in [-0.05, 0) is 48.9 Å². The lowest BCUT2D eigenvalue weighted by molar-refractivity contribution is -0.135. The van der Waals surface area contributed by atoms with E-state index in [1.807, 2.05) is 0 Å². The van der Waals surface area contributed by atoms with Crippen LogP contribution < -0.4 is 16.0 Å². The molecule has 0 radical (unpaired) electrons. The topological polar surface area (TPSA) is 108 Å². The zero-order valence-electron chi connectivity index (χ0n) is 15.9. The van der Waals surface area contributed by atoms with Crippen molar-refractivity contribution in [1.29, 1.82) is 0 Å². The number of rotatable bonds is 6. The van der Waals surface area contributed by atoms with Gasteiger partial charge in [-0.25, -0.2) is 9.18 Å². The van der Waals surface area contributed by atoms with E-state index in [0.29, 0.717) is 11.3 Å². The highest BCUT2D eigenvalue weighted by Crippen LogP contribution is 2.28. The lowest BCUT2D eigenvalue weighted by Crippen LogP contribution is -2.44. The van der Waals surface area contributed by atoms with E-state index in [1.165, 1.54) is 31.2 Å². The first kappa shape index (κ1) is 21.4. The van der Waals surface area contributed by atoms with Gasteiger partial charge < -0.3 is 16.0 Å². The van der Waals surface area contributed by atoms with E-state index in [4.69, 9.17) is 0 Å². The van der Waals surface area contributed by atoms with Gasteiger partial charge in [-0.1, -0.05) is 28.1 Å². The smallest absolute Gasteiger partial charge is 0.325 e. The van der Waals surface area contributed by atoms with Gasteiger partial charge in [0.1, 0.15) is 17.9 Å². The Balaban J connectivity index is 1.56. The van der Waals surface area contributed by atoms with Crippen LogP contribution in [0.2, 0.25) is 0 Å². The van der Waals surface area contributed by atoms with Crippen LogP contribution in [0.25, 0.3) is 0 Å². The standard InChI is InChI=1S/C20H18BrFN4O4/c1-20(12-2-6-14(22)7-3-12)18(29)26(19(30)25-20)11-17(28)23-10-16(27)24-15-8-4-13(21)5-9-15/h2-9H,10-11H2,1H3,(H,23,28)(H,24,27)(H,25,30). The normalized spacial score (nSPS) is 18.2. The van der Waals surface area contributed by atoms with Crippen molar-refractivity contribution in [1.82, 2.24) is 15.5 Å². The molecule has 5 amide bonds. The van der Waals surface area contributed by atoms with Crippen molar-refractivity contribution < 1.29 is 23.6 Å². The van der Waals surface area contributed by atoms with E-state index in [9.17, 15) is 23.6 Å². The SMILES string of the molecule is CC1(c2ccc(F)cc2)NC(=O)N(CC(=O)NCC(=O)Nc2ccc(Br)cc2)C1=O. The van der Waals surface area contributed by atoms with Crippen LogP contribution in [0, 0.1) is 5.82 Å². The molecule has 1 unspecified atom stereocenters. The minimum Gasteiger partial charge on any atom is -0.345 e. The van der Waals surface area contributed by atoms with Crippen molar-refractivity contribution in [3.05, 3.63) is 64.4 Å². The molecule has 1 heterocycles. The van der Waals surface area contributed by atoms with Crippen LogP contribution in [0.1, 0.15) is 12.5 Å². The summed E-state index contributed by atoms with van der Waals surface area (Å²) in [7, 11) is 0. The molecule has 2 aromatic rings. The summed E-state index contributed by atoms with van der Waals surface area (Å²) < 4.78 is 14.0. The van der Waals surface area contributed by atoms with E-state index < -0.39 is 41.7 Å². The molecule has 0 saturated carbocycles. The molecule has 0 aromatic heterocycles. The van der Waals surface area contributed by atoms with E-state index in [1.54, 1.807) is 24.3 Å². The predicted molar refractivity (Wildman–Crippen MR) is 110 cm³/mol. The first-order valence-corrected chi connectivity index (χ1v) is 9.70. The number of carbonyl (C=O) groups is 4. The number of benzene rings is 2. The van der Waals surface area contributed by atoms with Gasteiger partial charge in [0.15, 0.2) is 0 Å². The van der Waals surface area contributed by atoms with Gasteiger partial charge >= 0.3 is 6.03 Å². The van der Waals surface area contributed by atoms with Crippen LogP contribution >= 0.6 is 15.9 Å². The number of amides is 5. The summed E-state index contributed by atoms with van der Waals surface area (Å²) in [6, 6.07) is 11.3. The number of hydrogen-bond acceptors (Lipinski definition) is 4. The zero-order chi connectivity index (χ0) is 21.9. The van der Waals surface area contributed by atoms with Crippen molar-refractivity contribution in [2.45, 2.75) is 12.5 Å². The molecular weight excluding hydrogens is 459 g/mol. The van der Waals surface area contributed by atoms with Crippen LogP contribution in [0.15, 0.2) is 53.0 Å². The molecule has 1 fully saturated rings. The Hall–Kier alpha value is -3.27. The summed E-state index contributed by atoms with van der Waals surface area (Å²) in [6.45, 7) is 0.602. The molecule has 3 N–H and O–H groups in total. The van der Waals surface area contributed by atoms with Gasteiger partial charge in [0.2, 0.25) is 11.8 Å². The lowest BCUT2D eigenvalue weighted by Gasteiger charge is -2.22. The number of nitrogens with one attached hydrogen (secondary N) is 3. The Morgan fingerprint density at radius 3 is 2.33 bits per heavy atom. The van der Waals surface area contributed by atoms with Gasteiger partial charge in [0.25, 0.3) is 5.91 Å². The minimum atomic E-state index is -1.41. The number of carbonyl (C=O) groups excluding carboxylic acids is 4. The number of imide groups is 1. The Morgan fingerprint density at radius 2 is 1.70 bits per heavy atom. The highest BCUT2D eigenvalue weighted by atomic mass is 79.9. The minimum absolute atomic E-state index is 0.326. The number of urea groups is 1. The predicted octanol–water partition coefficient (Wildman–Crippen LogP) is 2.11. The molecule has 156 valence electrons. The van der Waals surface area contributed by atoms with E-state index >= 15 is 0 Å². The van der Waals surface area contributed by atoms with Gasteiger partial charge in [-0.3, -0.25) is 19.3 Å². The molecule has 1 saturated heterocycles. The van der Waals surface area contributed by atoms with Crippen molar-refractivity contribution in [2.75, 3.05) is 18.4 Å². The monoisotopic (exact) mass is 476 g/mol. The van der Waals surface area contributed by atoms with E-state index in [2.05, 4.69) is 31.9 Å². The van der Waals surface area contributed by atoms with Gasteiger partial charge in [0, 0.05) is 10.2 Å². The highest BCUT2D eigenvalue weighted by Gasteiger charge is 2.49. The van der Waals surface area contributed by atoms with E-state index in [0.717, 1.165) is 9.37 Å². The zero-order valence-corrected chi connectivity index (χ0v) is 17.5. The van der Waals surface area contributed by atoms with Gasteiger partial charge in [-0.2, -0.15) is 0 Å². The fourth-order valence-electron chi connectivity index (χ4n) is 2.94. The second-order valence-electron chi connectivity index (χ2n) is 6.79. The maximum absolute atomic E-state index is 13.2. The number of hydrogen-bond donors (Lipinski definition) is 3. The van der Waals surface area contributed by atoms with Crippen molar-refractivity contribution in [2.24, 2.45) is 0 Å². The van der Waals surface area contributed by atoms with Crippen LogP contribution in [-0.2, 0) is 19.9 Å². The lowest BCUT2D eigenvalue weighted by atomic mass is 9.92. The Kier molecular flexibility index (Phi) is 6.16. The van der Waals surface area contributed by atoms with Crippen LogP contribution in [-0.4, -0.2) is 41.7 Å². The quantitative estimate of drug-likeness (QED) is 0.554. The third kappa shape index (κ3) is 4.65. The molecule has 1 aliphatic heterocycles. The average Bonchev–Trinajstić information content (AvgIpc) is 2.92. The summed E-state index contributed by atoms with van der Waals surface area (Å²) in [5.41, 5.74) is -0.468. The number of anilines is 1. The molecule has 1 atom stereocenters. The molecule has 0 spiro atoms. The molecule has 0 aliphatic carbocycles. The van der Waals surface area contributed by atoms with Gasteiger partial charge in [-0.15, -0.1) is 0 Å². The first-order valence-electron chi connectivity index (χ1n) is 8.91. The summed E-state index contributed by atoms with van der Waals surface area (Å²) >= 11 is 3.29. The third-order valence-corrected chi connectivity index (χ3v) is 5.10. The third-order valence-electron chi connectivity index (χ3n) is 4.57. The molecule has 30 heavy (non-hydrogen) atoms. The largest absolute Gasteiger partial charge is 0.345 e. The second kappa shape index (κ2) is 8.62. The number of nitrogens with zero attached hydrogens (tertiary/aromatic N) is 1. The summed E-state index contributed by atoms with van der Waals surface area (Å²) in [6.07, 6.45) is 0. The summed E-state index contributed by atoms with van der Waals surface area (Å²) in [4.78, 5) is 49.9. The molecular formula is C20H18BrFN4O4. The van der Waals surface area contributed by atoms with Crippen molar-refractivity contribution >= 4 is 45.4 Å². The molecule has 1 aliphatic rings. The van der Waals surface area contributed by atoms with E-state index in [-0.39, 0.29) is 6.54 Å². The molecule has 10 heteroatoms. The fourth-order valence-corrected chi connectivity index (χ4v) is 3.20. The molecule has 0 bridgehead atoms. The van der Waals surface area contributed by atoms with Crippen LogP contribution in [0.4, 0.5) is 14.9 Å². The maximum Gasteiger partial charge on any atom is 0.325 e. The Labute approximate surface area is 179 Å². The highest BCUT2D eigenvalue weighted by molar-refractivity contribution is 9.10. The van der Waals surface area contributed by atoms with Crippen molar-refractivity contribution in [3.8, 4) is 0 Å². The molecule has 3 rings (SSSR count). The Bertz CT molecular complexity index is 997. The fraction of sp³-hybridized carbons (Fsp3) is 0.200. The van der Waals surface area contributed by atoms with Crippen molar-refractivity contribution in [3.63, 3.8) is 0 Å². The summed E-state index contributed by atoms with van der Waals surface area (Å²) in [5, 5.41) is 7.51. The van der Waals surface area contributed by atoms with Crippen LogP contribution in [0.5, 0.6) is 0 Å². The average molecular weight is 477 g/mol. The van der Waals surface area contributed by atoms with Gasteiger partial charge in [0.05, 0.1) is 6.54 Å². The summed E-state index contributed by atoms with van der Waals surface area (Å²) in [5.74, 6) is -2.25. The molecule has 8 nitrogen and oxygen atoms in total. The first-order chi connectivity index (χ1) is 14.2. The molecule has 2 aromatic carbocycles.